The predicted molar refractivity (Wildman–Crippen MR) is 60.0 cm³/mol. The molecule has 80 valence electrons. The minimum atomic E-state index is 0.614. The molecule has 0 fully saturated rings. The van der Waals surface area contributed by atoms with E-state index in [2.05, 4.69) is 5.10 Å². The molecule has 1 aromatic carbocycles. The highest BCUT2D eigenvalue weighted by atomic mass is 16.5. The maximum absolute atomic E-state index is 5.55. The monoisotopic (exact) mass is 205 g/mol. The van der Waals surface area contributed by atoms with Crippen molar-refractivity contribution < 1.29 is 4.74 Å². The lowest BCUT2D eigenvalue weighted by Gasteiger charge is -2.00. The summed E-state index contributed by atoms with van der Waals surface area (Å²) in [6.07, 6.45) is 0.796. The average molecular weight is 205 g/mol. The van der Waals surface area contributed by atoms with Crippen molar-refractivity contribution in [1.29, 1.82) is 0 Å². The largest absolute Gasteiger partial charge is 0.497 e. The fourth-order valence-corrected chi connectivity index (χ4v) is 1.77. The first kappa shape index (κ1) is 9.98. The van der Waals surface area contributed by atoms with Crippen LogP contribution < -0.4 is 10.5 Å². The molecule has 4 nitrogen and oxygen atoms in total. The van der Waals surface area contributed by atoms with Crippen molar-refractivity contribution in [3.05, 3.63) is 23.9 Å². The molecule has 0 atom stereocenters. The fourth-order valence-electron chi connectivity index (χ4n) is 1.77. The summed E-state index contributed by atoms with van der Waals surface area (Å²) in [5, 5.41) is 5.56. The standard InChI is InChI=1S/C11H15N3O/c1-14-11-4-3-8(15-2)7-9(11)10(13-14)5-6-12/h3-4,7H,5-6,12H2,1-2H3. The molecule has 2 rings (SSSR count). The Bertz CT molecular complexity index is 476. The third-order valence-electron chi connectivity index (χ3n) is 2.52. The van der Waals surface area contributed by atoms with Crippen LogP contribution in [-0.4, -0.2) is 23.4 Å². The molecule has 2 aromatic rings. The van der Waals surface area contributed by atoms with Crippen LogP contribution in [0.25, 0.3) is 10.9 Å². The number of nitrogens with two attached hydrogens (primary N) is 1. The van der Waals surface area contributed by atoms with Gasteiger partial charge in [-0.25, -0.2) is 0 Å². The number of benzene rings is 1. The van der Waals surface area contributed by atoms with E-state index in [4.69, 9.17) is 10.5 Å². The van der Waals surface area contributed by atoms with Gasteiger partial charge in [0, 0.05) is 18.9 Å². The number of fused-ring (bicyclic) bond motifs is 1. The quantitative estimate of drug-likeness (QED) is 0.815. The molecular weight excluding hydrogens is 190 g/mol. The van der Waals surface area contributed by atoms with Gasteiger partial charge in [0.15, 0.2) is 0 Å². The smallest absolute Gasteiger partial charge is 0.119 e. The molecule has 0 aliphatic heterocycles. The van der Waals surface area contributed by atoms with Gasteiger partial charge in [0.2, 0.25) is 0 Å². The summed E-state index contributed by atoms with van der Waals surface area (Å²) in [7, 11) is 3.61. The van der Waals surface area contributed by atoms with Gasteiger partial charge in [-0.1, -0.05) is 0 Å². The number of ether oxygens (including phenoxy) is 1. The molecule has 0 saturated heterocycles. The lowest BCUT2D eigenvalue weighted by atomic mass is 10.1. The third-order valence-corrected chi connectivity index (χ3v) is 2.52. The minimum Gasteiger partial charge on any atom is -0.497 e. The SMILES string of the molecule is COc1ccc2c(c1)c(CCN)nn2C. The molecule has 4 heteroatoms. The lowest BCUT2D eigenvalue weighted by molar-refractivity contribution is 0.415. The maximum atomic E-state index is 5.55. The van der Waals surface area contributed by atoms with E-state index in [9.17, 15) is 0 Å². The van der Waals surface area contributed by atoms with Gasteiger partial charge in [-0.15, -0.1) is 0 Å². The van der Waals surface area contributed by atoms with Crippen molar-refractivity contribution in [3.63, 3.8) is 0 Å². The van der Waals surface area contributed by atoms with Crippen molar-refractivity contribution in [1.82, 2.24) is 9.78 Å². The third kappa shape index (κ3) is 1.68. The van der Waals surface area contributed by atoms with Gasteiger partial charge in [0.05, 0.1) is 18.3 Å². The zero-order valence-electron chi connectivity index (χ0n) is 9.03. The molecule has 0 unspecified atom stereocenters. The summed E-state index contributed by atoms with van der Waals surface area (Å²) in [4.78, 5) is 0. The molecule has 2 N–H and O–H groups in total. The van der Waals surface area contributed by atoms with E-state index in [1.165, 1.54) is 0 Å². The van der Waals surface area contributed by atoms with Crippen LogP contribution in [0.5, 0.6) is 5.75 Å². The number of aromatic nitrogens is 2. The zero-order chi connectivity index (χ0) is 10.8. The second kappa shape index (κ2) is 3.90. The van der Waals surface area contributed by atoms with E-state index < -0.39 is 0 Å². The molecule has 0 radical (unpaired) electrons. The molecule has 15 heavy (non-hydrogen) atoms. The van der Waals surface area contributed by atoms with Crippen LogP contribution in [0.1, 0.15) is 5.69 Å². The van der Waals surface area contributed by atoms with Gasteiger partial charge in [-0.05, 0) is 24.7 Å². The summed E-state index contributed by atoms with van der Waals surface area (Å²) < 4.78 is 7.07. The number of hydrogen-bond donors (Lipinski definition) is 1. The first-order chi connectivity index (χ1) is 7.26. The maximum Gasteiger partial charge on any atom is 0.119 e. The molecular formula is C11H15N3O. The molecule has 0 amide bonds. The van der Waals surface area contributed by atoms with Crippen molar-refractivity contribution in [2.75, 3.05) is 13.7 Å². The Morgan fingerprint density at radius 1 is 1.47 bits per heavy atom. The van der Waals surface area contributed by atoms with Crippen LogP contribution in [0.4, 0.5) is 0 Å². The van der Waals surface area contributed by atoms with Gasteiger partial charge >= 0.3 is 0 Å². The number of rotatable bonds is 3. The first-order valence-electron chi connectivity index (χ1n) is 4.96. The molecule has 0 aliphatic carbocycles. The van der Waals surface area contributed by atoms with E-state index in [0.717, 1.165) is 28.8 Å². The molecule has 0 saturated carbocycles. The van der Waals surface area contributed by atoms with Crippen LogP contribution in [0, 0.1) is 0 Å². The summed E-state index contributed by atoms with van der Waals surface area (Å²) in [6.45, 7) is 0.614. The number of hydrogen-bond acceptors (Lipinski definition) is 3. The lowest BCUT2D eigenvalue weighted by Crippen LogP contribution is -2.03. The van der Waals surface area contributed by atoms with E-state index in [-0.39, 0.29) is 0 Å². The van der Waals surface area contributed by atoms with E-state index in [1.807, 2.05) is 29.9 Å². The van der Waals surface area contributed by atoms with E-state index >= 15 is 0 Å². The number of aryl methyl sites for hydroxylation is 1. The molecule has 0 spiro atoms. The zero-order valence-corrected chi connectivity index (χ0v) is 9.03. The Kier molecular flexibility index (Phi) is 2.60. The van der Waals surface area contributed by atoms with Crippen LogP contribution >= 0.6 is 0 Å². The van der Waals surface area contributed by atoms with Crippen LogP contribution in [0.15, 0.2) is 18.2 Å². The van der Waals surface area contributed by atoms with Crippen molar-refractivity contribution in [2.45, 2.75) is 6.42 Å². The fraction of sp³-hybridized carbons (Fsp3) is 0.364. The average Bonchev–Trinajstić information content (AvgIpc) is 2.56. The molecule has 1 aromatic heterocycles. The Balaban J connectivity index is 2.60. The highest BCUT2D eigenvalue weighted by Gasteiger charge is 2.08. The Hall–Kier alpha value is -1.55. The second-order valence-corrected chi connectivity index (χ2v) is 3.49. The second-order valence-electron chi connectivity index (χ2n) is 3.49. The van der Waals surface area contributed by atoms with Crippen molar-refractivity contribution in [2.24, 2.45) is 12.8 Å². The highest BCUT2D eigenvalue weighted by Crippen LogP contribution is 2.23. The van der Waals surface area contributed by atoms with Gasteiger partial charge in [-0.2, -0.15) is 5.10 Å². The van der Waals surface area contributed by atoms with Crippen LogP contribution in [-0.2, 0) is 13.5 Å². The van der Waals surface area contributed by atoms with Crippen molar-refractivity contribution in [3.8, 4) is 5.75 Å². The normalized spacial score (nSPS) is 10.9. The first-order valence-corrected chi connectivity index (χ1v) is 4.96. The summed E-state index contributed by atoms with van der Waals surface area (Å²) in [5.74, 6) is 0.855. The van der Waals surface area contributed by atoms with Gasteiger partial charge in [0.25, 0.3) is 0 Å². The summed E-state index contributed by atoms with van der Waals surface area (Å²) in [6, 6.07) is 5.96. The summed E-state index contributed by atoms with van der Waals surface area (Å²) in [5.41, 5.74) is 7.70. The predicted octanol–water partition coefficient (Wildman–Crippen LogP) is 1.08. The Labute approximate surface area is 88.6 Å². The number of methoxy groups -OCH3 is 1. The minimum absolute atomic E-state index is 0.614. The van der Waals surface area contributed by atoms with Crippen molar-refractivity contribution >= 4 is 10.9 Å². The molecule has 0 aliphatic rings. The van der Waals surface area contributed by atoms with E-state index in [1.54, 1.807) is 7.11 Å². The van der Waals surface area contributed by atoms with Crippen LogP contribution in [0.2, 0.25) is 0 Å². The van der Waals surface area contributed by atoms with E-state index in [0.29, 0.717) is 6.54 Å². The Morgan fingerprint density at radius 3 is 2.93 bits per heavy atom. The van der Waals surface area contributed by atoms with Gasteiger partial charge < -0.3 is 10.5 Å². The van der Waals surface area contributed by atoms with Gasteiger partial charge in [-0.3, -0.25) is 4.68 Å². The van der Waals surface area contributed by atoms with Crippen LogP contribution in [0.3, 0.4) is 0 Å². The highest BCUT2D eigenvalue weighted by molar-refractivity contribution is 5.83. The molecule has 1 heterocycles. The topological polar surface area (TPSA) is 53.1 Å². The summed E-state index contributed by atoms with van der Waals surface area (Å²) >= 11 is 0. The number of nitrogens with zero attached hydrogens (tertiary/aromatic N) is 2. The Morgan fingerprint density at radius 2 is 2.27 bits per heavy atom. The van der Waals surface area contributed by atoms with Gasteiger partial charge in [0.1, 0.15) is 5.75 Å². The molecule has 0 bridgehead atoms.